The Morgan fingerprint density at radius 2 is 1.89 bits per heavy atom. The van der Waals surface area contributed by atoms with Gasteiger partial charge in [0.05, 0.1) is 15.1 Å². The quantitative estimate of drug-likeness (QED) is 0.232. The average molecular weight is 578 g/mol. The summed E-state index contributed by atoms with van der Waals surface area (Å²) in [7, 11) is 0. The van der Waals surface area contributed by atoms with Crippen LogP contribution in [0.3, 0.4) is 0 Å². The van der Waals surface area contributed by atoms with Crippen LogP contribution in [-0.2, 0) is 24.2 Å². The number of halogens is 1. The van der Waals surface area contributed by atoms with Crippen LogP contribution >= 0.6 is 27.7 Å². The Labute approximate surface area is 228 Å². The van der Waals surface area contributed by atoms with Crippen LogP contribution < -0.4 is 19.5 Å². The van der Waals surface area contributed by atoms with Crippen LogP contribution in [0.4, 0.5) is 5.69 Å². The molecule has 8 heteroatoms. The minimum Gasteiger partial charge on any atom is -0.487 e. The van der Waals surface area contributed by atoms with Gasteiger partial charge in [0.2, 0.25) is 6.79 Å². The van der Waals surface area contributed by atoms with Gasteiger partial charge in [-0.3, -0.25) is 4.79 Å². The predicted octanol–water partition coefficient (Wildman–Crippen LogP) is 6.94. The van der Waals surface area contributed by atoms with Crippen LogP contribution in [0, 0.1) is 0 Å². The van der Waals surface area contributed by atoms with Gasteiger partial charge in [-0.25, -0.2) is 4.99 Å². The highest BCUT2D eigenvalue weighted by molar-refractivity contribution is 9.10. The number of rotatable bonds is 8. The third kappa shape index (κ3) is 5.92. The number of aryl methyl sites for hydroxylation is 1. The van der Waals surface area contributed by atoms with E-state index in [9.17, 15) is 4.79 Å². The van der Waals surface area contributed by atoms with Crippen molar-refractivity contribution >= 4 is 50.5 Å². The molecule has 0 radical (unpaired) electrons. The molecule has 1 N–H and O–H groups in total. The standard InChI is InChI=1S/C29H25BrN2O4S/c1-3-5-21-12-20(13-23(30)27(21)34-16-19-8-11-24-25(14-19)36-17-35-24)15-26-28(33)32-29(37-26)31-22-9-6-18(4-2)7-10-22/h3,6-15H,1,4-5,16-17H2,2H3,(H,31,32,33)/b26-15-. The van der Waals surface area contributed by atoms with Crippen LogP contribution in [0.15, 0.2) is 81.6 Å². The number of thioether (sulfide) groups is 1. The highest BCUT2D eigenvalue weighted by Crippen LogP contribution is 2.36. The third-order valence-corrected chi connectivity index (χ3v) is 7.35. The molecule has 0 saturated carbocycles. The first kappa shape index (κ1) is 25.2. The number of carbonyl (C=O) groups is 1. The van der Waals surface area contributed by atoms with E-state index in [2.05, 4.69) is 39.7 Å². The molecule has 0 unspecified atom stereocenters. The Bertz CT molecular complexity index is 1420. The highest BCUT2D eigenvalue weighted by atomic mass is 79.9. The summed E-state index contributed by atoms with van der Waals surface area (Å²) < 4.78 is 17.8. The minimum atomic E-state index is -0.168. The minimum absolute atomic E-state index is 0.168. The van der Waals surface area contributed by atoms with E-state index < -0.39 is 0 Å². The molecule has 0 aromatic heterocycles. The zero-order valence-electron chi connectivity index (χ0n) is 20.3. The topological polar surface area (TPSA) is 69.2 Å². The van der Waals surface area contributed by atoms with Gasteiger partial charge in [-0.2, -0.15) is 0 Å². The highest BCUT2D eigenvalue weighted by Gasteiger charge is 2.24. The number of amides is 1. The molecular formula is C29H25BrN2O4S. The second kappa shape index (κ2) is 11.3. The predicted molar refractivity (Wildman–Crippen MR) is 152 cm³/mol. The van der Waals surface area contributed by atoms with Crippen molar-refractivity contribution in [2.75, 3.05) is 6.79 Å². The first-order chi connectivity index (χ1) is 18.0. The lowest BCUT2D eigenvalue weighted by atomic mass is 10.1. The fourth-order valence-corrected chi connectivity index (χ4v) is 5.44. The molecule has 5 rings (SSSR count). The van der Waals surface area contributed by atoms with Crippen molar-refractivity contribution in [1.82, 2.24) is 5.32 Å². The number of nitrogens with one attached hydrogen (secondary N) is 1. The second-order valence-electron chi connectivity index (χ2n) is 8.46. The number of hydrogen-bond acceptors (Lipinski definition) is 6. The molecule has 3 aromatic rings. The number of nitrogens with zero attached hydrogens (tertiary/aromatic N) is 1. The summed E-state index contributed by atoms with van der Waals surface area (Å²) in [6.45, 7) is 6.61. The summed E-state index contributed by atoms with van der Waals surface area (Å²) in [5.74, 6) is 2.03. The first-order valence-corrected chi connectivity index (χ1v) is 13.5. The van der Waals surface area contributed by atoms with E-state index in [-0.39, 0.29) is 12.7 Å². The summed E-state index contributed by atoms with van der Waals surface area (Å²) in [5, 5.41) is 3.42. The Morgan fingerprint density at radius 1 is 1.11 bits per heavy atom. The zero-order valence-corrected chi connectivity index (χ0v) is 22.7. The number of ether oxygens (including phenoxy) is 3. The number of amidine groups is 1. The van der Waals surface area contributed by atoms with E-state index in [0.717, 1.165) is 50.5 Å². The van der Waals surface area contributed by atoms with Crippen LogP contribution in [0.5, 0.6) is 17.2 Å². The van der Waals surface area contributed by atoms with Gasteiger partial charge in [0.1, 0.15) is 12.4 Å². The molecule has 3 aromatic carbocycles. The van der Waals surface area contributed by atoms with Gasteiger partial charge < -0.3 is 19.5 Å². The molecule has 6 nitrogen and oxygen atoms in total. The molecule has 1 fully saturated rings. The SMILES string of the molecule is C=CCc1cc(/C=C2\SC(=Nc3ccc(CC)cc3)NC2=O)cc(Br)c1OCc1ccc2c(c1)OCO2. The molecule has 0 bridgehead atoms. The van der Waals surface area contributed by atoms with E-state index >= 15 is 0 Å². The van der Waals surface area contributed by atoms with Gasteiger partial charge in [-0.05, 0) is 105 Å². The largest absolute Gasteiger partial charge is 0.487 e. The Morgan fingerprint density at radius 3 is 2.68 bits per heavy atom. The van der Waals surface area contributed by atoms with Gasteiger partial charge in [-0.1, -0.05) is 31.2 Å². The molecular weight excluding hydrogens is 552 g/mol. The lowest BCUT2D eigenvalue weighted by molar-refractivity contribution is -0.115. The van der Waals surface area contributed by atoms with E-state index in [1.807, 2.05) is 66.7 Å². The molecule has 2 aliphatic rings. The third-order valence-electron chi connectivity index (χ3n) is 5.85. The molecule has 0 spiro atoms. The maximum Gasteiger partial charge on any atom is 0.264 e. The van der Waals surface area contributed by atoms with Gasteiger partial charge in [0.15, 0.2) is 16.7 Å². The van der Waals surface area contributed by atoms with Crippen molar-refractivity contribution in [3.05, 3.63) is 98.9 Å². The number of hydrogen-bond donors (Lipinski definition) is 1. The molecule has 0 aliphatic carbocycles. The fourth-order valence-electron chi connectivity index (χ4n) is 3.97. The smallest absolute Gasteiger partial charge is 0.264 e. The summed E-state index contributed by atoms with van der Waals surface area (Å²) in [4.78, 5) is 17.8. The Kier molecular flexibility index (Phi) is 7.67. The Hall–Kier alpha value is -3.49. The van der Waals surface area contributed by atoms with E-state index in [1.165, 1.54) is 17.3 Å². The van der Waals surface area contributed by atoms with Crippen molar-refractivity contribution in [1.29, 1.82) is 0 Å². The van der Waals surface area contributed by atoms with Gasteiger partial charge in [-0.15, -0.1) is 6.58 Å². The summed E-state index contributed by atoms with van der Waals surface area (Å²) in [5.41, 5.74) is 4.87. The average Bonchev–Trinajstić information content (AvgIpc) is 3.49. The summed E-state index contributed by atoms with van der Waals surface area (Å²) in [6.07, 6.45) is 5.28. The molecule has 188 valence electrons. The lowest BCUT2D eigenvalue weighted by Crippen LogP contribution is -2.19. The van der Waals surface area contributed by atoms with Gasteiger partial charge in [0.25, 0.3) is 5.91 Å². The van der Waals surface area contributed by atoms with E-state index in [0.29, 0.717) is 23.1 Å². The molecule has 37 heavy (non-hydrogen) atoms. The number of aliphatic imine (C=N–C) groups is 1. The monoisotopic (exact) mass is 576 g/mol. The second-order valence-corrected chi connectivity index (χ2v) is 10.3. The van der Waals surface area contributed by atoms with Crippen molar-refractivity contribution in [2.45, 2.75) is 26.4 Å². The number of allylic oxidation sites excluding steroid dienone is 1. The molecule has 1 saturated heterocycles. The summed E-state index contributed by atoms with van der Waals surface area (Å²) in [6, 6.07) is 17.7. The molecule has 0 atom stereocenters. The van der Waals surface area contributed by atoms with Gasteiger partial charge >= 0.3 is 0 Å². The van der Waals surface area contributed by atoms with Crippen LogP contribution in [0.25, 0.3) is 6.08 Å². The molecule has 1 amide bonds. The van der Waals surface area contributed by atoms with Crippen molar-refractivity contribution in [3.63, 3.8) is 0 Å². The molecule has 2 heterocycles. The summed E-state index contributed by atoms with van der Waals surface area (Å²) >= 11 is 4.99. The van der Waals surface area contributed by atoms with E-state index in [4.69, 9.17) is 14.2 Å². The maximum atomic E-state index is 12.6. The van der Waals surface area contributed by atoms with E-state index in [1.54, 1.807) is 0 Å². The van der Waals surface area contributed by atoms with Gasteiger partial charge in [0, 0.05) is 0 Å². The van der Waals surface area contributed by atoms with Crippen molar-refractivity contribution in [3.8, 4) is 17.2 Å². The lowest BCUT2D eigenvalue weighted by Gasteiger charge is -2.14. The number of benzene rings is 3. The van der Waals surface area contributed by atoms with Crippen molar-refractivity contribution < 1.29 is 19.0 Å². The zero-order chi connectivity index (χ0) is 25.8. The van der Waals surface area contributed by atoms with Crippen molar-refractivity contribution in [2.24, 2.45) is 4.99 Å². The number of fused-ring (bicyclic) bond motifs is 1. The van der Waals surface area contributed by atoms with Crippen LogP contribution in [-0.4, -0.2) is 17.9 Å². The molecule has 2 aliphatic heterocycles. The normalized spacial score (nSPS) is 16.3. The van der Waals surface area contributed by atoms with Crippen LogP contribution in [0.1, 0.15) is 29.2 Å². The number of carbonyl (C=O) groups excluding carboxylic acids is 1. The fraction of sp³-hybridized carbons (Fsp3) is 0.172. The first-order valence-electron chi connectivity index (χ1n) is 11.9. The maximum absolute atomic E-state index is 12.6. The van der Waals surface area contributed by atoms with Crippen LogP contribution in [0.2, 0.25) is 0 Å². The Balaban J connectivity index is 1.34.